The lowest BCUT2D eigenvalue weighted by Crippen LogP contribution is -2.52. The fourth-order valence-electron chi connectivity index (χ4n) is 4.02. The van der Waals surface area contributed by atoms with Crippen LogP contribution in [0.15, 0.2) is 71.6 Å². The SMILES string of the molecule is CCNC(=O)[C@H](CC)N(Cc1ccc(Cl)c(Cl)c1)C(=O)CN(c1ccc(C)cc1)S(=O)(=O)c1ccc(Cl)cc1. The number of carbonyl (C=O) groups excluding carboxylic acids is 2. The molecule has 3 rings (SSSR count). The fraction of sp³-hybridized carbons (Fsp3) is 0.286. The van der Waals surface area contributed by atoms with Gasteiger partial charge in [-0.2, -0.15) is 0 Å². The largest absolute Gasteiger partial charge is 0.355 e. The van der Waals surface area contributed by atoms with Crippen molar-refractivity contribution in [2.45, 2.75) is 44.7 Å². The molecule has 39 heavy (non-hydrogen) atoms. The summed E-state index contributed by atoms with van der Waals surface area (Å²) in [7, 11) is -4.17. The molecule has 0 unspecified atom stereocenters. The summed E-state index contributed by atoms with van der Waals surface area (Å²) in [4.78, 5) is 28.3. The number of amides is 2. The predicted molar refractivity (Wildman–Crippen MR) is 157 cm³/mol. The molecule has 0 fully saturated rings. The molecule has 208 valence electrons. The number of benzene rings is 3. The molecule has 0 aliphatic carbocycles. The smallest absolute Gasteiger partial charge is 0.264 e. The Bertz CT molecular complexity index is 1410. The van der Waals surface area contributed by atoms with E-state index in [1.165, 1.54) is 29.2 Å². The minimum absolute atomic E-state index is 0.0212. The van der Waals surface area contributed by atoms with Gasteiger partial charge in [-0.1, -0.05) is 65.5 Å². The number of nitrogens with zero attached hydrogens (tertiary/aromatic N) is 2. The summed E-state index contributed by atoms with van der Waals surface area (Å²) in [5.41, 5.74) is 1.88. The first-order chi connectivity index (χ1) is 18.5. The average Bonchev–Trinajstić information content (AvgIpc) is 2.90. The topological polar surface area (TPSA) is 86.8 Å². The van der Waals surface area contributed by atoms with E-state index in [0.717, 1.165) is 9.87 Å². The highest BCUT2D eigenvalue weighted by Crippen LogP contribution is 2.27. The number of nitrogens with one attached hydrogen (secondary N) is 1. The van der Waals surface area contributed by atoms with Crippen LogP contribution in [0.5, 0.6) is 0 Å². The first-order valence-electron chi connectivity index (χ1n) is 12.3. The molecule has 0 spiro atoms. The third kappa shape index (κ3) is 7.66. The lowest BCUT2D eigenvalue weighted by atomic mass is 10.1. The van der Waals surface area contributed by atoms with Crippen molar-refractivity contribution in [2.24, 2.45) is 0 Å². The zero-order valence-corrected chi connectivity index (χ0v) is 24.9. The Kier molecular flexibility index (Phi) is 10.7. The molecule has 1 N–H and O–H groups in total. The zero-order valence-electron chi connectivity index (χ0n) is 21.8. The minimum Gasteiger partial charge on any atom is -0.355 e. The Balaban J connectivity index is 2.06. The average molecular weight is 611 g/mol. The van der Waals surface area contributed by atoms with Gasteiger partial charge in [-0.25, -0.2) is 8.42 Å². The Morgan fingerprint density at radius 3 is 2.10 bits per heavy atom. The number of anilines is 1. The van der Waals surface area contributed by atoms with E-state index >= 15 is 0 Å². The fourth-order valence-corrected chi connectivity index (χ4v) is 5.88. The molecule has 0 bridgehead atoms. The number of halogens is 3. The van der Waals surface area contributed by atoms with Crippen LogP contribution in [0.3, 0.4) is 0 Å². The molecule has 0 heterocycles. The molecule has 11 heteroatoms. The summed E-state index contributed by atoms with van der Waals surface area (Å²) in [6.45, 7) is 5.32. The first-order valence-corrected chi connectivity index (χ1v) is 14.9. The third-order valence-corrected chi connectivity index (χ3v) is 8.86. The molecular weight excluding hydrogens is 581 g/mol. The first kappa shape index (κ1) is 30.8. The van der Waals surface area contributed by atoms with Crippen molar-refractivity contribution in [3.05, 3.63) is 92.9 Å². The van der Waals surface area contributed by atoms with Gasteiger partial charge in [-0.15, -0.1) is 0 Å². The van der Waals surface area contributed by atoms with Gasteiger partial charge in [-0.3, -0.25) is 13.9 Å². The second-order valence-corrected chi connectivity index (χ2v) is 12.0. The van der Waals surface area contributed by atoms with Crippen molar-refractivity contribution < 1.29 is 18.0 Å². The van der Waals surface area contributed by atoms with E-state index in [-0.39, 0.29) is 17.3 Å². The van der Waals surface area contributed by atoms with Crippen molar-refractivity contribution in [2.75, 3.05) is 17.4 Å². The van der Waals surface area contributed by atoms with Crippen LogP contribution in [0.1, 0.15) is 31.4 Å². The zero-order chi connectivity index (χ0) is 28.7. The van der Waals surface area contributed by atoms with Crippen LogP contribution < -0.4 is 9.62 Å². The van der Waals surface area contributed by atoms with Gasteiger partial charge in [0, 0.05) is 18.1 Å². The van der Waals surface area contributed by atoms with Crippen molar-refractivity contribution in [1.29, 1.82) is 0 Å². The summed E-state index contributed by atoms with van der Waals surface area (Å²) in [5.74, 6) is -0.895. The number of hydrogen-bond donors (Lipinski definition) is 1. The maximum absolute atomic E-state index is 14.0. The van der Waals surface area contributed by atoms with Crippen LogP contribution in [0.25, 0.3) is 0 Å². The minimum atomic E-state index is -4.17. The Labute approximate surface area is 244 Å². The summed E-state index contributed by atoms with van der Waals surface area (Å²) < 4.78 is 28.7. The Hall–Kier alpha value is -2.78. The predicted octanol–water partition coefficient (Wildman–Crippen LogP) is 6.09. The Morgan fingerprint density at radius 1 is 0.897 bits per heavy atom. The van der Waals surface area contributed by atoms with Crippen molar-refractivity contribution in [3.63, 3.8) is 0 Å². The van der Waals surface area contributed by atoms with E-state index in [4.69, 9.17) is 34.8 Å². The Morgan fingerprint density at radius 2 is 1.54 bits per heavy atom. The lowest BCUT2D eigenvalue weighted by Gasteiger charge is -2.33. The maximum atomic E-state index is 14.0. The number of sulfonamides is 1. The molecule has 1 atom stereocenters. The number of aryl methyl sites for hydroxylation is 1. The molecule has 0 aliphatic rings. The van der Waals surface area contributed by atoms with Gasteiger partial charge in [0.2, 0.25) is 11.8 Å². The summed E-state index contributed by atoms with van der Waals surface area (Å²) in [5, 5.41) is 3.81. The van der Waals surface area contributed by atoms with E-state index in [9.17, 15) is 18.0 Å². The molecule has 7 nitrogen and oxygen atoms in total. The number of rotatable bonds is 11. The van der Waals surface area contributed by atoms with Crippen LogP contribution >= 0.6 is 34.8 Å². The molecule has 0 radical (unpaired) electrons. The van der Waals surface area contributed by atoms with E-state index < -0.39 is 28.5 Å². The molecule has 2 amide bonds. The van der Waals surface area contributed by atoms with E-state index in [1.807, 2.05) is 6.92 Å². The van der Waals surface area contributed by atoms with Gasteiger partial charge in [0.15, 0.2) is 0 Å². The van der Waals surface area contributed by atoms with Gasteiger partial charge < -0.3 is 10.2 Å². The number of hydrogen-bond acceptors (Lipinski definition) is 4. The van der Waals surface area contributed by atoms with Gasteiger partial charge >= 0.3 is 0 Å². The van der Waals surface area contributed by atoms with E-state index in [1.54, 1.807) is 56.3 Å². The van der Waals surface area contributed by atoms with Crippen molar-refractivity contribution in [1.82, 2.24) is 10.2 Å². The molecule has 0 saturated carbocycles. The quantitative estimate of drug-likeness (QED) is 0.285. The van der Waals surface area contributed by atoms with Crippen LogP contribution in [-0.4, -0.2) is 44.3 Å². The second-order valence-electron chi connectivity index (χ2n) is 8.89. The standard InChI is InChI=1S/C28H30Cl3N3O4S/c1-4-26(28(36)32-5-2)33(17-20-8-15-24(30)25(31)16-20)27(35)18-34(22-11-6-19(3)7-12-22)39(37,38)23-13-9-21(29)10-14-23/h6-16,26H,4-5,17-18H2,1-3H3,(H,32,36)/t26-/m0/s1. The number of likely N-dealkylation sites (N-methyl/N-ethyl adjacent to an activating group) is 1. The highest BCUT2D eigenvalue weighted by molar-refractivity contribution is 7.92. The van der Waals surface area contributed by atoms with Crippen LogP contribution in [0.2, 0.25) is 15.1 Å². The van der Waals surface area contributed by atoms with E-state index in [0.29, 0.717) is 39.3 Å². The normalized spacial score (nSPS) is 12.1. The molecule has 3 aromatic rings. The van der Waals surface area contributed by atoms with Crippen molar-refractivity contribution in [3.8, 4) is 0 Å². The maximum Gasteiger partial charge on any atom is 0.264 e. The van der Waals surface area contributed by atoms with Gasteiger partial charge in [-0.05, 0) is 74.4 Å². The number of carbonyl (C=O) groups is 2. The van der Waals surface area contributed by atoms with Crippen LogP contribution in [-0.2, 0) is 26.2 Å². The van der Waals surface area contributed by atoms with Gasteiger partial charge in [0.1, 0.15) is 12.6 Å². The summed E-state index contributed by atoms with van der Waals surface area (Å²) in [6, 6.07) is 16.6. The molecule has 0 saturated heterocycles. The highest BCUT2D eigenvalue weighted by Gasteiger charge is 2.33. The van der Waals surface area contributed by atoms with Gasteiger partial charge in [0.05, 0.1) is 20.6 Å². The molecular formula is C28H30Cl3N3O4S. The summed E-state index contributed by atoms with van der Waals surface area (Å²) >= 11 is 18.3. The molecule has 0 aliphatic heterocycles. The highest BCUT2D eigenvalue weighted by atomic mass is 35.5. The van der Waals surface area contributed by atoms with Crippen molar-refractivity contribution >= 4 is 62.3 Å². The molecule has 3 aromatic carbocycles. The van der Waals surface area contributed by atoms with Crippen LogP contribution in [0, 0.1) is 6.92 Å². The monoisotopic (exact) mass is 609 g/mol. The van der Waals surface area contributed by atoms with E-state index in [2.05, 4.69) is 5.32 Å². The third-order valence-electron chi connectivity index (χ3n) is 6.08. The second kappa shape index (κ2) is 13.5. The lowest BCUT2D eigenvalue weighted by molar-refractivity contribution is -0.140. The van der Waals surface area contributed by atoms with Crippen LogP contribution in [0.4, 0.5) is 5.69 Å². The molecule has 0 aromatic heterocycles. The van der Waals surface area contributed by atoms with Gasteiger partial charge in [0.25, 0.3) is 10.0 Å². The summed E-state index contributed by atoms with van der Waals surface area (Å²) in [6.07, 6.45) is 0.313.